The van der Waals surface area contributed by atoms with Crippen LogP contribution in [0.25, 0.3) is 11.0 Å². The Hall–Kier alpha value is -4.37. The predicted molar refractivity (Wildman–Crippen MR) is 149 cm³/mol. The van der Waals surface area contributed by atoms with Gasteiger partial charge in [-0.05, 0) is 67.4 Å². The van der Waals surface area contributed by atoms with Crippen LogP contribution in [0.4, 0.5) is 8.78 Å². The Kier molecular flexibility index (Phi) is 7.84. The first kappa shape index (κ1) is 27.8. The molecule has 3 aromatic rings. The molecule has 42 heavy (non-hydrogen) atoms. The van der Waals surface area contributed by atoms with Crippen LogP contribution in [0.15, 0.2) is 71.7 Å². The van der Waals surface area contributed by atoms with E-state index in [1.807, 2.05) is 16.7 Å². The van der Waals surface area contributed by atoms with Crippen molar-refractivity contribution in [3.05, 3.63) is 100 Å². The average molecular weight is 574 g/mol. The highest BCUT2D eigenvalue weighted by atomic mass is 19.1. The first-order valence-corrected chi connectivity index (χ1v) is 13.8. The predicted octanol–water partition coefficient (Wildman–Crippen LogP) is 4.55. The Balaban J connectivity index is 1.37. The van der Waals surface area contributed by atoms with Crippen LogP contribution in [0.1, 0.15) is 40.2 Å². The van der Waals surface area contributed by atoms with Crippen LogP contribution in [0.2, 0.25) is 0 Å². The van der Waals surface area contributed by atoms with Gasteiger partial charge in [-0.1, -0.05) is 12.1 Å². The van der Waals surface area contributed by atoms with E-state index in [4.69, 9.17) is 19.7 Å². The second kappa shape index (κ2) is 11.9. The number of aromatic carboxylic acids is 1. The number of benzene rings is 2. The molecular weight excluding hydrogens is 544 g/mol. The van der Waals surface area contributed by atoms with Gasteiger partial charge in [-0.2, -0.15) is 5.26 Å². The molecule has 1 unspecified atom stereocenters. The molecule has 4 heterocycles. The van der Waals surface area contributed by atoms with Gasteiger partial charge >= 0.3 is 5.97 Å². The summed E-state index contributed by atoms with van der Waals surface area (Å²) in [4.78, 5) is 18.3. The molecule has 3 aliphatic heterocycles. The molecule has 9 nitrogen and oxygen atoms in total. The van der Waals surface area contributed by atoms with Gasteiger partial charge in [0.1, 0.15) is 17.5 Å². The monoisotopic (exact) mass is 573 g/mol. The Labute approximate surface area is 241 Å². The van der Waals surface area contributed by atoms with Crippen LogP contribution in [-0.4, -0.2) is 57.6 Å². The number of allylic oxidation sites excluding steroid dienone is 3. The van der Waals surface area contributed by atoms with Crippen molar-refractivity contribution >= 4 is 17.0 Å². The van der Waals surface area contributed by atoms with Gasteiger partial charge in [0.05, 0.1) is 59.7 Å². The smallest absolute Gasteiger partial charge is 0.335 e. The van der Waals surface area contributed by atoms with Crippen molar-refractivity contribution in [2.75, 3.05) is 19.7 Å². The minimum Gasteiger partial charge on any atom is -0.478 e. The van der Waals surface area contributed by atoms with Gasteiger partial charge in [-0.3, -0.25) is 0 Å². The molecular formula is C31H29F2N5O4. The number of hydrogen-bond acceptors (Lipinski definition) is 7. The zero-order valence-electron chi connectivity index (χ0n) is 22.7. The lowest BCUT2D eigenvalue weighted by atomic mass is 10.0. The number of hydrogen-bond donors (Lipinski definition) is 2. The van der Waals surface area contributed by atoms with E-state index in [9.17, 15) is 14.3 Å². The standard InChI is InChI=1S/C31H29F2N5O4/c32-24-4-6-29(42-18-22-2-1-19(15-34)13-25(22)33)38(30(24)20-7-10-35-11-8-20)17-28-36-26-5-3-21(31(39)40)14-27(26)37(28)16-23-9-12-41-23/h1-7,13-14,23,29,35H,8-12,16-18H2,(H,39,40)/t23-,29?/m0/s1. The molecule has 0 radical (unpaired) electrons. The number of aromatic nitrogens is 2. The summed E-state index contributed by atoms with van der Waals surface area (Å²) in [6, 6.07) is 10.9. The molecule has 1 aromatic heterocycles. The third-order valence-corrected chi connectivity index (χ3v) is 7.75. The second-order valence-corrected chi connectivity index (χ2v) is 10.4. The molecule has 0 spiro atoms. The van der Waals surface area contributed by atoms with Gasteiger partial charge in [-0.15, -0.1) is 0 Å². The Morgan fingerprint density at radius 3 is 2.81 bits per heavy atom. The lowest BCUT2D eigenvalue weighted by Gasteiger charge is -2.37. The normalized spacial score (nSPS) is 20.4. The van der Waals surface area contributed by atoms with E-state index in [1.54, 1.807) is 23.1 Å². The minimum atomic E-state index is -1.04. The van der Waals surface area contributed by atoms with Crippen LogP contribution in [0.5, 0.6) is 0 Å². The van der Waals surface area contributed by atoms with E-state index in [2.05, 4.69) is 5.32 Å². The highest BCUT2D eigenvalue weighted by Gasteiger charge is 2.31. The van der Waals surface area contributed by atoms with Crippen molar-refractivity contribution < 1.29 is 28.2 Å². The number of fused-ring (bicyclic) bond motifs is 1. The van der Waals surface area contributed by atoms with Crippen molar-refractivity contribution in [1.82, 2.24) is 19.8 Å². The number of carbonyl (C=O) groups is 1. The van der Waals surface area contributed by atoms with E-state index >= 15 is 4.39 Å². The molecule has 2 N–H and O–H groups in total. The van der Waals surface area contributed by atoms with Gasteiger partial charge in [0.15, 0.2) is 6.23 Å². The molecule has 0 bridgehead atoms. The lowest BCUT2D eigenvalue weighted by molar-refractivity contribution is -0.0599. The quantitative estimate of drug-likeness (QED) is 0.384. The molecule has 0 aliphatic carbocycles. The number of ether oxygens (including phenoxy) is 2. The maximum absolute atomic E-state index is 15.6. The van der Waals surface area contributed by atoms with Crippen molar-refractivity contribution in [2.24, 2.45) is 0 Å². The molecule has 0 amide bonds. The van der Waals surface area contributed by atoms with Gasteiger partial charge in [0.2, 0.25) is 0 Å². The van der Waals surface area contributed by atoms with Crippen LogP contribution in [0, 0.1) is 17.1 Å². The molecule has 1 saturated heterocycles. The van der Waals surface area contributed by atoms with E-state index in [1.165, 1.54) is 24.3 Å². The molecule has 0 saturated carbocycles. The number of carboxylic acids is 1. The van der Waals surface area contributed by atoms with Gasteiger partial charge < -0.3 is 29.4 Å². The van der Waals surface area contributed by atoms with Crippen LogP contribution >= 0.6 is 0 Å². The fraction of sp³-hybridized carbons (Fsp3) is 0.323. The van der Waals surface area contributed by atoms with E-state index in [0.29, 0.717) is 55.2 Å². The topological polar surface area (TPSA) is 113 Å². The average Bonchev–Trinajstić information content (AvgIpc) is 3.31. The highest BCUT2D eigenvalue weighted by molar-refractivity contribution is 5.92. The molecule has 2 atom stereocenters. The van der Waals surface area contributed by atoms with Crippen LogP contribution in [-0.2, 0) is 29.2 Å². The van der Waals surface area contributed by atoms with Gasteiger partial charge in [0, 0.05) is 18.7 Å². The van der Waals surface area contributed by atoms with Crippen molar-refractivity contribution in [3.63, 3.8) is 0 Å². The number of rotatable bonds is 9. The number of halogens is 2. The summed E-state index contributed by atoms with van der Waals surface area (Å²) in [6.07, 6.45) is 5.59. The summed E-state index contributed by atoms with van der Waals surface area (Å²) >= 11 is 0. The minimum absolute atomic E-state index is 0.0406. The summed E-state index contributed by atoms with van der Waals surface area (Å²) in [5.41, 5.74) is 3.10. The Morgan fingerprint density at radius 2 is 2.12 bits per heavy atom. The van der Waals surface area contributed by atoms with Crippen LogP contribution in [0.3, 0.4) is 0 Å². The third kappa shape index (κ3) is 5.56. The SMILES string of the molecule is N#Cc1ccc(COC2C=CC(F)=C(C3=CCNCC3)N2Cc2nc3ccc(C(=O)O)cc3n2C[C@@H]2CCO2)c(F)c1. The molecule has 216 valence electrons. The van der Waals surface area contributed by atoms with E-state index < -0.39 is 23.8 Å². The van der Waals surface area contributed by atoms with E-state index in [-0.39, 0.29) is 35.9 Å². The summed E-state index contributed by atoms with van der Waals surface area (Å²) in [5.74, 6) is -1.41. The Bertz CT molecular complexity index is 1670. The highest BCUT2D eigenvalue weighted by Crippen LogP contribution is 2.34. The maximum Gasteiger partial charge on any atom is 0.335 e. The van der Waals surface area contributed by atoms with Gasteiger partial charge in [-0.25, -0.2) is 18.6 Å². The fourth-order valence-electron chi connectivity index (χ4n) is 5.43. The molecule has 6 rings (SSSR count). The first-order valence-electron chi connectivity index (χ1n) is 13.8. The van der Waals surface area contributed by atoms with Crippen LogP contribution < -0.4 is 5.32 Å². The maximum atomic E-state index is 15.6. The summed E-state index contributed by atoms with van der Waals surface area (Å²) in [7, 11) is 0. The number of nitrogens with one attached hydrogen (secondary N) is 1. The number of nitrogens with zero attached hydrogens (tertiary/aromatic N) is 4. The van der Waals surface area contributed by atoms with Crippen molar-refractivity contribution in [1.29, 1.82) is 5.26 Å². The van der Waals surface area contributed by atoms with Crippen molar-refractivity contribution in [3.8, 4) is 6.07 Å². The van der Waals surface area contributed by atoms with E-state index in [0.717, 1.165) is 18.1 Å². The lowest BCUT2D eigenvalue weighted by Crippen LogP contribution is -2.40. The zero-order chi connectivity index (χ0) is 29.2. The first-order chi connectivity index (χ1) is 20.4. The second-order valence-electron chi connectivity index (χ2n) is 10.4. The summed E-state index contributed by atoms with van der Waals surface area (Å²) in [5, 5.41) is 21.9. The molecule has 11 heteroatoms. The largest absolute Gasteiger partial charge is 0.478 e. The number of nitriles is 1. The third-order valence-electron chi connectivity index (χ3n) is 7.75. The molecule has 3 aliphatic rings. The summed E-state index contributed by atoms with van der Waals surface area (Å²) < 4.78 is 44.1. The fourth-order valence-corrected chi connectivity index (χ4v) is 5.43. The Morgan fingerprint density at radius 1 is 1.26 bits per heavy atom. The number of carboxylic acid groups (broad SMARTS) is 1. The van der Waals surface area contributed by atoms with Gasteiger partial charge in [0.25, 0.3) is 0 Å². The van der Waals surface area contributed by atoms with Crippen molar-refractivity contribution in [2.45, 2.75) is 44.9 Å². The summed E-state index contributed by atoms with van der Waals surface area (Å²) in [6.45, 7) is 2.45. The zero-order valence-corrected chi connectivity index (χ0v) is 22.7. The number of imidazole rings is 1. The molecule has 2 aromatic carbocycles. The molecule has 1 fully saturated rings.